The van der Waals surface area contributed by atoms with Gasteiger partial charge in [-0.25, -0.2) is 10.4 Å². The fraction of sp³-hybridized carbons (Fsp3) is 0.533. The highest BCUT2D eigenvalue weighted by atomic mass is 16.2. The summed E-state index contributed by atoms with van der Waals surface area (Å²) in [5.74, 6) is 0.711. The Bertz CT molecular complexity index is 469. The molecule has 3 rings (SSSR count). The van der Waals surface area contributed by atoms with E-state index < -0.39 is 0 Å². The van der Waals surface area contributed by atoms with Crippen molar-refractivity contribution in [2.24, 2.45) is 0 Å². The Morgan fingerprint density at radius 2 is 2.00 bits per heavy atom. The molecule has 0 spiro atoms. The second kappa shape index (κ2) is 4.94. The fourth-order valence-corrected chi connectivity index (χ4v) is 2.90. The van der Waals surface area contributed by atoms with Gasteiger partial charge in [-0.1, -0.05) is 38.1 Å². The molecule has 2 heterocycles. The van der Waals surface area contributed by atoms with Crippen LogP contribution in [0, 0.1) is 0 Å². The molecule has 1 aromatic carbocycles. The summed E-state index contributed by atoms with van der Waals surface area (Å²) in [5.41, 5.74) is 6.09. The highest BCUT2D eigenvalue weighted by molar-refractivity contribution is 5.82. The van der Waals surface area contributed by atoms with E-state index in [1.807, 2.05) is 0 Å². The number of rotatable bonds is 2. The van der Waals surface area contributed by atoms with Gasteiger partial charge in [0.15, 0.2) is 0 Å². The van der Waals surface area contributed by atoms with Gasteiger partial charge in [0.25, 0.3) is 0 Å². The number of piperazine rings is 1. The van der Waals surface area contributed by atoms with Gasteiger partial charge in [0.2, 0.25) is 5.91 Å². The largest absolute Gasteiger partial charge is 0.353 e. The van der Waals surface area contributed by atoms with Crippen molar-refractivity contribution in [1.29, 1.82) is 0 Å². The van der Waals surface area contributed by atoms with E-state index >= 15 is 0 Å². The zero-order valence-corrected chi connectivity index (χ0v) is 11.5. The van der Waals surface area contributed by atoms with Gasteiger partial charge < -0.3 is 5.32 Å². The Labute approximate surface area is 114 Å². The van der Waals surface area contributed by atoms with Crippen molar-refractivity contribution in [2.75, 3.05) is 13.1 Å². The topological polar surface area (TPSA) is 44.4 Å². The quantitative estimate of drug-likeness (QED) is 0.847. The fourth-order valence-electron chi connectivity index (χ4n) is 2.90. The minimum atomic E-state index is -0.0106. The average Bonchev–Trinajstić information content (AvgIpc) is 2.84. The molecule has 2 saturated heterocycles. The average molecular weight is 259 g/mol. The van der Waals surface area contributed by atoms with Crippen molar-refractivity contribution in [3.63, 3.8) is 0 Å². The SMILES string of the molecule is CC(C)c1ccc(C2CC3C(=O)NCCN3N2)cc1. The van der Waals surface area contributed by atoms with Gasteiger partial charge in [-0.15, -0.1) is 0 Å². The minimum absolute atomic E-state index is 0.0106. The number of fused-ring (bicyclic) bond motifs is 1. The summed E-state index contributed by atoms with van der Waals surface area (Å²) in [7, 11) is 0. The second-order valence-electron chi connectivity index (χ2n) is 5.74. The van der Waals surface area contributed by atoms with Gasteiger partial charge in [-0.2, -0.15) is 0 Å². The highest BCUT2D eigenvalue weighted by Gasteiger charge is 2.39. The van der Waals surface area contributed by atoms with E-state index in [9.17, 15) is 4.79 Å². The number of hydrogen-bond donors (Lipinski definition) is 2. The lowest BCUT2D eigenvalue weighted by molar-refractivity contribution is -0.128. The predicted octanol–water partition coefficient (Wildman–Crippen LogP) is 1.56. The summed E-state index contributed by atoms with van der Waals surface area (Å²) >= 11 is 0. The molecule has 0 radical (unpaired) electrons. The van der Waals surface area contributed by atoms with Crippen molar-refractivity contribution >= 4 is 5.91 Å². The third-order valence-electron chi connectivity index (χ3n) is 4.12. The van der Waals surface area contributed by atoms with Crippen molar-refractivity contribution < 1.29 is 4.79 Å². The lowest BCUT2D eigenvalue weighted by Crippen LogP contribution is -2.54. The number of carbonyl (C=O) groups is 1. The Kier molecular flexibility index (Phi) is 3.29. The van der Waals surface area contributed by atoms with E-state index in [-0.39, 0.29) is 18.0 Å². The van der Waals surface area contributed by atoms with Gasteiger partial charge >= 0.3 is 0 Å². The summed E-state index contributed by atoms with van der Waals surface area (Å²) in [6.07, 6.45) is 0.854. The van der Waals surface area contributed by atoms with Crippen molar-refractivity contribution in [2.45, 2.75) is 38.3 Å². The molecule has 4 nitrogen and oxygen atoms in total. The summed E-state index contributed by atoms with van der Waals surface area (Å²) in [6, 6.07) is 9.00. The van der Waals surface area contributed by atoms with Gasteiger partial charge in [0.05, 0.1) is 0 Å². The maximum Gasteiger partial charge on any atom is 0.238 e. The van der Waals surface area contributed by atoms with E-state index in [4.69, 9.17) is 0 Å². The number of hydrogen-bond acceptors (Lipinski definition) is 3. The van der Waals surface area contributed by atoms with E-state index in [0.29, 0.717) is 5.92 Å². The smallest absolute Gasteiger partial charge is 0.238 e. The molecule has 0 bridgehead atoms. The summed E-state index contributed by atoms with van der Waals surface area (Å²) in [6.45, 7) is 6.03. The number of benzene rings is 1. The number of nitrogens with zero attached hydrogens (tertiary/aromatic N) is 1. The Morgan fingerprint density at radius 3 is 2.63 bits per heavy atom. The van der Waals surface area contributed by atoms with Crippen LogP contribution in [0.2, 0.25) is 0 Å². The molecule has 0 saturated carbocycles. The lowest BCUT2D eigenvalue weighted by atomic mass is 9.97. The van der Waals surface area contributed by atoms with E-state index in [1.54, 1.807) is 0 Å². The van der Waals surface area contributed by atoms with Gasteiger partial charge in [0, 0.05) is 19.1 Å². The molecular formula is C15H21N3O. The molecule has 2 aliphatic heterocycles. The molecule has 2 fully saturated rings. The number of carbonyl (C=O) groups excluding carboxylic acids is 1. The van der Waals surface area contributed by atoms with Gasteiger partial charge in [-0.05, 0) is 23.5 Å². The molecule has 2 aliphatic rings. The van der Waals surface area contributed by atoms with Gasteiger partial charge in [0.1, 0.15) is 6.04 Å². The summed E-state index contributed by atoms with van der Waals surface area (Å²) in [5, 5.41) is 5.01. The Morgan fingerprint density at radius 1 is 1.26 bits per heavy atom. The predicted molar refractivity (Wildman–Crippen MR) is 74.5 cm³/mol. The van der Waals surface area contributed by atoms with Crippen LogP contribution in [-0.4, -0.2) is 30.0 Å². The maximum atomic E-state index is 11.8. The monoisotopic (exact) mass is 259 g/mol. The summed E-state index contributed by atoms with van der Waals surface area (Å²) in [4.78, 5) is 11.8. The number of nitrogens with one attached hydrogen (secondary N) is 2. The third-order valence-corrected chi connectivity index (χ3v) is 4.12. The second-order valence-corrected chi connectivity index (χ2v) is 5.74. The standard InChI is InChI=1S/C15H21N3O/c1-10(2)11-3-5-12(6-4-11)13-9-14-15(19)16-7-8-18(14)17-13/h3-6,10,13-14,17H,7-9H2,1-2H3,(H,16,19). The van der Waals surface area contributed by atoms with Crippen LogP contribution in [0.15, 0.2) is 24.3 Å². The van der Waals surface area contributed by atoms with Crippen LogP contribution >= 0.6 is 0 Å². The van der Waals surface area contributed by atoms with E-state index in [1.165, 1.54) is 11.1 Å². The number of amides is 1. The number of hydrazine groups is 1. The van der Waals surface area contributed by atoms with Crippen LogP contribution in [0.1, 0.15) is 43.4 Å². The van der Waals surface area contributed by atoms with Crippen molar-refractivity contribution in [3.8, 4) is 0 Å². The molecular weight excluding hydrogens is 238 g/mol. The maximum absolute atomic E-state index is 11.8. The zero-order chi connectivity index (χ0) is 13.4. The van der Waals surface area contributed by atoms with Crippen molar-refractivity contribution in [1.82, 2.24) is 15.8 Å². The minimum Gasteiger partial charge on any atom is -0.353 e. The van der Waals surface area contributed by atoms with E-state index in [0.717, 1.165) is 19.5 Å². The van der Waals surface area contributed by atoms with Crippen LogP contribution in [0.5, 0.6) is 0 Å². The third kappa shape index (κ3) is 2.38. The Hall–Kier alpha value is -1.39. The first kappa shape index (κ1) is 12.6. The molecule has 1 aromatic rings. The first-order chi connectivity index (χ1) is 9.15. The van der Waals surface area contributed by atoms with E-state index in [2.05, 4.69) is 53.9 Å². The van der Waals surface area contributed by atoms with Gasteiger partial charge in [-0.3, -0.25) is 4.79 Å². The van der Waals surface area contributed by atoms with Crippen LogP contribution in [-0.2, 0) is 4.79 Å². The lowest BCUT2D eigenvalue weighted by Gasteiger charge is -2.28. The summed E-state index contributed by atoms with van der Waals surface area (Å²) < 4.78 is 0. The van der Waals surface area contributed by atoms with Crippen LogP contribution in [0.25, 0.3) is 0 Å². The molecule has 0 aromatic heterocycles. The Balaban J connectivity index is 1.75. The van der Waals surface area contributed by atoms with Crippen LogP contribution in [0.3, 0.4) is 0 Å². The first-order valence-electron chi connectivity index (χ1n) is 7.05. The molecule has 2 N–H and O–H groups in total. The molecule has 1 amide bonds. The normalized spacial score (nSPS) is 27.4. The molecule has 2 atom stereocenters. The highest BCUT2D eigenvalue weighted by Crippen LogP contribution is 2.29. The van der Waals surface area contributed by atoms with Crippen molar-refractivity contribution in [3.05, 3.63) is 35.4 Å². The molecule has 0 aliphatic carbocycles. The van der Waals surface area contributed by atoms with Crippen LogP contribution in [0.4, 0.5) is 0 Å². The first-order valence-corrected chi connectivity index (χ1v) is 7.05. The molecule has 2 unspecified atom stereocenters. The molecule has 4 heteroatoms. The molecule has 19 heavy (non-hydrogen) atoms. The van der Waals surface area contributed by atoms with Crippen LogP contribution < -0.4 is 10.7 Å². The molecule has 102 valence electrons. The zero-order valence-electron chi connectivity index (χ0n) is 11.5.